The first-order chi connectivity index (χ1) is 36.0. The topological polar surface area (TPSA) is 78.9 Å². The highest BCUT2D eigenvalue weighted by Gasteiger charge is 2.19. The molecule has 0 amide bonds. The second-order valence-electron chi connectivity index (χ2n) is 22.4. The Morgan fingerprint density at radius 1 is 0.274 bits per heavy atom. The number of esters is 3. The predicted molar refractivity (Wildman–Crippen MR) is 316 cm³/mol. The van der Waals surface area contributed by atoms with E-state index in [9.17, 15) is 14.4 Å². The highest BCUT2D eigenvalue weighted by atomic mass is 16.6. The molecule has 6 nitrogen and oxygen atoms in total. The van der Waals surface area contributed by atoms with E-state index in [1.165, 1.54) is 270 Å². The largest absolute Gasteiger partial charge is 0.462 e. The molecule has 0 bridgehead atoms. The van der Waals surface area contributed by atoms with E-state index in [1.807, 2.05) is 0 Å². The van der Waals surface area contributed by atoms with Gasteiger partial charge in [-0.15, -0.1) is 0 Å². The Bertz CT molecular complexity index is 1180. The molecule has 430 valence electrons. The third kappa shape index (κ3) is 60.6. The lowest BCUT2D eigenvalue weighted by molar-refractivity contribution is -0.167. The summed E-state index contributed by atoms with van der Waals surface area (Å²) >= 11 is 0. The summed E-state index contributed by atoms with van der Waals surface area (Å²) < 4.78 is 17.0. The van der Waals surface area contributed by atoms with Crippen molar-refractivity contribution in [3.63, 3.8) is 0 Å². The van der Waals surface area contributed by atoms with E-state index >= 15 is 0 Å². The van der Waals surface area contributed by atoms with Crippen LogP contribution in [0, 0.1) is 0 Å². The molecule has 0 rings (SSSR count). The highest BCUT2D eigenvalue weighted by Crippen LogP contribution is 2.18. The number of carbonyl (C=O) groups excluding carboxylic acids is 3. The molecule has 0 aromatic heterocycles. The lowest BCUT2D eigenvalue weighted by atomic mass is 10.0. The summed E-state index contributed by atoms with van der Waals surface area (Å²) in [7, 11) is 0. The molecule has 1 atom stereocenters. The summed E-state index contributed by atoms with van der Waals surface area (Å²) in [6.07, 6.45) is 74.6. The summed E-state index contributed by atoms with van der Waals surface area (Å²) in [5.74, 6) is -0.838. The van der Waals surface area contributed by atoms with Crippen LogP contribution in [-0.2, 0) is 28.6 Å². The molecular formula is C67H126O6. The van der Waals surface area contributed by atoms with E-state index < -0.39 is 6.10 Å². The maximum Gasteiger partial charge on any atom is 0.306 e. The lowest BCUT2D eigenvalue weighted by Crippen LogP contribution is -2.30. The third-order valence-electron chi connectivity index (χ3n) is 15.0. The van der Waals surface area contributed by atoms with Gasteiger partial charge in [0, 0.05) is 19.3 Å². The maximum atomic E-state index is 12.9. The van der Waals surface area contributed by atoms with Gasteiger partial charge in [-0.05, 0) is 44.9 Å². The molecule has 0 aromatic carbocycles. The molecule has 0 spiro atoms. The Labute approximate surface area is 455 Å². The lowest BCUT2D eigenvalue weighted by Gasteiger charge is -2.18. The third-order valence-corrected chi connectivity index (χ3v) is 15.0. The fourth-order valence-electron chi connectivity index (χ4n) is 10.0. The number of unbranched alkanes of at least 4 members (excludes halogenated alkanes) is 47. The summed E-state index contributed by atoms with van der Waals surface area (Å²) in [5, 5.41) is 0. The van der Waals surface area contributed by atoms with Gasteiger partial charge in [0.2, 0.25) is 0 Å². The van der Waals surface area contributed by atoms with Gasteiger partial charge < -0.3 is 14.2 Å². The standard InChI is InChI=1S/C67H126O6/c1-4-7-10-13-16-19-22-25-28-31-34-37-39-42-45-48-51-54-57-60-66(69)72-63-64(73-67(70)61-58-55-52-49-46-43-40-36-33-30-27-24-21-18-15-12-9-6-3)62-71-65(68)59-56-53-50-47-44-41-38-35-32-29-26-23-20-17-14-11-8-5-2/h16,19,22,25,64H,4-15,17-18,20-21,23-24,26-63H2,1-3H3/b19-16-,25-22-. The maximum absolute atomic E-state index is 12.9. The fraction of sp³-hybridized carbons (Fsp3) is 0.896. The molecule has 1 unspecified atom stereocenters. The van der Waals surface area contributed by atoms with Crippen LogP contribution < -0.4 is 0 Å². The minimum atomic E-state index is -0.769. The second-order valence-corrected chi connectivity index (χ2v) is 22.4. The van der Waals surface area contributed by atoms with Crippen molar-refractivity contribution in [3.05, 3.63) is 24.3 Å². The summed E-state index contributed by atoms with van der Waals surface area (Å²) in [6, 6.07) is 0. The van der Waals surface area contributed by atoms with Gasteiger partial charge in [0.25, 0.3) is 0 Å². The summed E-state index contributed by atoms with van der Waals surface area (Å²) in [4.78, 5) is 38.4. The Morgan fingerprint density at radius 2 is 0.479 bits per heavy atom. The Morgan fingerprint density at radius 3 is 0.753 bits per heavy atom. The molecule has 73 heavy (non-hydrogen) atoms. The van der Waals surface area contributed by atoms with E-state index in [-0.39, 0.29) is 31.1 Å². The van der Waals surface area contributed by atoms with Gasteiger partial charge >= 0.3 is 17.9 Å². The van der Waals surface area contributed by atoms with Gasteiger partial charge in [0.15, 0.2) is 6.10 Å². The van der Waals surface area contributed by atoms with E-state index in [4.69, 9.17) is 14.2 Å². The second kappa shape index (κ2) is 62.4. The Hall–Kier alpha value is -2.11. The first kappa shape index (κ1) is 70.9. The molecule has 0 aliphatic heterocycles. The zero-order valence-electron chi connectivity index (χ0n) is 49.4. The number of rotatable bonds is 61. The first-order valence-corrected chi connectivity index (χ1v) is 32.9. The molecule has 0 saturated carbocycles. The first-order valence-electron chi connectivity index (χ1n) is 32.9. The summed E-state index contributed by atoms with van der Waals surface area (Å²) in [6.45, 7) is 6.69. The molecule has 0 aromatic rings. The van der Waals surface area contributed by atoms with Crippen LogP contribution in [0.1, 0.15) is 367 Å². The van der Waals surface area contributed by atoms with Gasteiger partial charge in [0.1, 0.15) is 13.2 Å². The Kier molecular flexibility index (Phi) is 60.6. The minimum absolute atomic E-state index is 0.0656. The van der Waals surface area contributed by atoms with E-state index in [1.54, 1.807) is 0 Å². The smallest absolute Gasteiger partial charge is 0.306 e. The molecule has 0 saturated heterocycles. The normalized spacial score (nSPS) is 12.1. The van der Waals surface area contributed by atoms with Crippen molar-refractivity contribution in [3.8, 4) is 0 Å². The van der Waals surface area contributed by atoms with Crippen molar-refractivity contribution in [1.29, 1.82) is 0 Å². The van der Waals surface area contributed by atoms with Crippen LogP contribution in [0.2, 0.25) is 0 Å². The average Bonchev–Trinajstić information content (AvgIpc) is 3.39. The van der Waals surface area contributed by atoms with Crippen molar-refractivity contribution in [1.82, 2.24) is 0 Å². The molecule has 0 fully saturated rings. The van der Waals surface area contributed by atoms with Crippen LogP contribution in [0.25, 0.3) is 0 Å². The zero-order valence-corrected chi connectivity index (χ0v) is 49.4. The van der Waals surface area contributed by atoms with Crippen LogP contribution in [0.4, 0.5) is 0 Å². The van der Waals surface area contributed by atoms with Crippen LogP contribution >= 0.6 is 0 Å². The number of hydrogen-bond donors (Lipinski definition) is 0. The van der Waals surface area contributed by atoms with Crippen molar-refractivity contribution in [2.75, 3.05) is 13.2 Å². The summed E-state index contributed by atoms with van der Waals surface area (Å²) in [5.41, 5.74) is 0. The van der Waals surface area contributed by atoms with Crippen LogP contribution in [0.15, 0.2) is 24.3 Å². The van der Waals surface area contributed by atoms with Gasteiger partial charge in [-0.2, -0.15) is 0 Å². The monoisotopic (exact) mass is 1030 g/mol. The van der Waals surface area contributed by atoms with Gasteiger partial charge in [-0.1, -0.05) is 328 Å². The molecule has 0 heterocycles. The molecular weight excluding hydrogens is 901 g/mol. The number of carbonyl (C=O) groups is 3. The van der Waals surface area contributed by atoms with E-state index in [2.05, 4.69) is 45.1 Å². The van der Waals surface area contributed by atoms with Crippen molar-refractivity contribution in [2.45, 2.75) is 374 Å². The van der Waals surface area contributed by atoms with Crippen LogP contribution in [-0.4, -0.2) is 37.2 Å². The van der Waals surface area contributed by atoms with Gasteiger partial charge in [0.05, 0.1) is 0 Å². The van der Waals surface area contributed by atoms with Crippen LogP contribution in [0.5, 0.6) is 0 Å². The Balaban J connectivity index is 4.31. The van der Waals surface area contributed by atoms with E-state index in [0.717, 1.165) is 57.8 Å². The van der Waals surface area contributed by atoms with Crippen molar-refractivity contribution >= 4 is 17.9 Å². The predicted octanol–water partition coefficient (Wildman–Crippen LogP) is 22.2. The molecule has 6 heteroatoms. The highest BCUT2D eigenvalue weighted by molar-refractivity contribution is 5.71. The molecule has 0 aliphatic rings. The number of ether oxygens (including phenoxy) is 3. The SMILES string of the molecule is CCCCC/C=C\C=C/CCCCCCCCCCCCC(=O)OCC(COC(=O)CCCCCCCCCCCCCCCCCCCC)OC(=O)CCCCCCCCCCCCCCCCCCCC. The van der Waals surface area contributed by atoms with Crippen molar-refractivity contribution in [2.24, 2.45) is 0 Å². The quantitative estimate of drug-likeness (QED) is 0.0261. The van der Waals surface area contributed by atoms with Crippen LogP contribution in [0.3, 0.4) is 0 Å². The molecule has 0 aliphatic carbocycles. The zero-order chi connectivity index (χ0) is 52.9. The molecule has 0 radical (unpaired) electrons. The van der Waals surface area contributed by atoms with Gasteiger partial charge in [-0.3, -0.25) is 14.4 Å². The fourth-order valence-corrected chi connectivity index (χ4v) is 10.0. The van der Waals surface area contributed by atoms with E-state index in [0.29, 0.717) is 19.3 Å². The average molecular weight is 1030 g/mol. The minimum Gasteiger partial charge on any atom is -0.462 e. The van der Waals surface area contributed by atoms with Crippen molar-refractivity contribution < 1.29 is 28.6 Å². The molecule has 0 N–H and O–H groups in total. The van der Waals surface area contributed by atoms with Gasteiger partial charge in [-0.25, -0.2) is 0 Å². The number of hydrogen-bond acceptors (Lipinski definition) is 6. The number of allylic oxidation sites excluding steroid dienone is 4.